The lowest BCUT2D eigenvalue weighted by molar-refractivity contribution is 0.0995. The Labute approximate surface area is 103 Å². The minimum Gasteiger partial charge on any atom is -0.312 e. The van der Waals surface area contributed by atoms with Gasteiger partial charge in [0.15, 0.2) is 5.78 Å². The van der Waals surface area contributed by atoms with Crippen molar-refractivity contribution in [3.05, 3.63) is 49.2 Å². The van der Waals surface area contributed by atoms with E-state index in [1.165, 1.54) is 17.5 Å². The van der Waals surface area contributed by atoms with Gasteiger partial charge in [-0.15, -0.1) is 11.3 Å². The van der Waals surface area contributed by atoms with Crippen molar-refractivity contribution in [1.29, 1.82) is 0 Å². The first kappa shape index (κ1) is 11.2. The number of halogens is 1. The molecule has 0 aliphatic rings. The van der Waals surface area contributed by atoms with E-state index in [0.29, 0.717) is 15.0 Å². The zero-order valence-electron chi connectivity index (χ0n) is 8.07. The highest BCUT2D eigenvalue weighted by Gasteiger charge is 2.11. The molecule has 0 radical (unpaired) electrons. The average molecular weight is 299 g/mol. The van der Waals surface area contributed by atoms with E-state index in [1.807, 2.05) is 11.4 Å². The number of rotatable bonds is 3. The van der Waals surface area contributed by atoms with Crippen molar-refractivity contribution in [3.63, 3.8) is 0 Å². The van der Waals surface area contributed by atoms with E-state index >= 15 is 0 Å². The Kier molecular flexibility index (Phi) is 3.31. The van der Waals surface area contributed by atoms with Gasteiger partial charge in [0, 0.05) is 6.20 Å². The number of aromatic amines is 1. The highest BCUT2D eigenvalue weighted by molar-refractivity contribution is 9.10. The van der Waals surface area contributed by atoms with Gasteiger partial charge in [0.25, 0.3) is 0 Å². The minimum absolute atomic E-state index is 0.0335. The summed E-state index contributed by atoms with van der Waals surface area (Å²) in [5, 5.41) is 1.84. The Morgan fingerprint density at radius 1 is 1.56 bits per heavy atom. The van der Waals surface area contributed by atoms with Crippen LogP contribution in [0.15, 0.2) is 33.0 Å². The summed E-state index contributed by atoms with van der Waals surface area (Å²) in [4.78, 5) is 29.6. The molecule has 0 unspecified atom stereocenters. The van der Waals surface area contributed by atoms with Crippen LogP contribution >= 0.6 is 27.3 Å². The summed E-state index contributed by atoms with van der Waals surface area (Å²) in [6, 6.07) is 3.58. The van der Waals surface area contributed by atoms with Gasteiger partial charge in [-0.2, -0.15) is 4.98 Å². The number of hydrogen-bond donors (Lipinski definition) is 1. The first-order valence-electron chi connectivity index (χ1n) is 4.47. The SMILES string of the molecule is O=C(Cc1nc(=O)[nH]cc1Br)c1cccs1. The Balaban J connectivity index is 2.24. The summed E-state index contributed by atoms with van der Waals surface area (Å²) < 4.78 is 0.636. The van der Waals surface area contributed by atoms with Crippen LogP contribution in [0.3, 0.4) is 0 Å². The van der Waals surface area contributed by atoms with Crippen molar-refractivity contribution in [1.82, 2.24) is 9.97 Å². The molecule has 2 rings (SSSR count). The van der Waals surface area contributed by atoms with Gasteiger partial charge < -0.3 is 4.98 Å². The summed E-state index contributed by atoms with van der Waals surface area (Å²) in [6.07, 6.45) is 1.62. The monoisotopic (exact) mass is 298 g/mol. The number of H-pyrrole nitrogens is 1. The molecule has 2 aromatic heterocycles. The van der Waals surface area contributed by atoms with E-state index in [9.17, 15) is 9.59 Å². The third-order valence-corrected chi connectivity index (χ3v) is 3.56. The smallest absolute Gasteiger partial charge is 0.312 e. The van der Waals surface area contributed by atoms with Gasteiger partial charge in [0.1, 0.15) is 0 Å². The summed E-state index contributed by atoms with van der Waals surface area (Å²) in [7, 11) is 0. The maximum atomic E-state index is 11.8. The average Bonchev–Trinajstić information content (AvgIpc) is 2.76. The number of carbonyl (C=O) groups excluding carboxylic acids is 1. The van der Waals surface area contributed by atoms with Crippen LogP contribution in [0.1, 0.15) is 15.4 Å². The topological polar surface area (TPSA) is 62.8 Å². The number of thiophene rings is 1. The molecule has 0 bridgehead atoms. The van der Waals surface area contributed by atoms with Crippen molar-refractivity contribution in [2.45, 2.75) is 6.42 Å². The maximum Gasteiger partial charge on any atom is 0.345 e. The van der Waals surface area contributed by atoms with Crippen molar-refractivity contribution in [2.24, 2.45) is 0 Å². The summed E-state index contributed by atoms with van der Waals surface area (Å²) in [5.41, 5.74) is 0.0133. The predicted molar refractivity (Wildman–Crippen MR) is 64.9 cm³/mol. The number of ketones is 1. The Hall–Kier alpha value is -1.27. The van der Waals surface area contributed by atoms with Gasteiger partial charge in [-0.3, -0.25) is 4.79 Å². The molecule has 82 valence electrons. The second kappa shape index (κ2) is 4.71. The van der Waals surface area contributed by atoms with Gasteiger partial charge in [-0.05, 0) is 27.4 Å². The van der Waals surface area contributed by atoms with Crippen molar-refractivity contribution in [3.8, 4) is 0 Å². The normalized spacial score (nSPS) is 10.3. The number of hydrogen-bond acceptors (Lipinski definition) is 4. The van der Waals surface area contributed by atoms with Crippen LogP contribution in [-0.2, 0) is 6.42 Å². The van der Waals surface area contributed by atoms with Crippen molar-refractivity contribution < 1.29 is 4.79 Å². The lowest BCUT2D eigenvalue weighted by Crippen LogP contribution is -2.15. The summed E-state index contributed by atoms with van der Waals surface area (Å²) in [5.74, 6) is -0.0335. The van der Waals surface area contributed by atoms with Crippen LogP contribution < -0.4 is 5.69 Å². The number of nitrogens with zero attached hydrogens (tertiary/aromatic N) is 1. The molecule has 0 amide bonds. The highest BCUT2D eigenvalue weighted by atomic mass is 79.9. The lowest BCUT2D eigenvalue weighted by Gasteiger charge is -2.00. The van der Waals surface area contributed by atoms with Gasteiger partial charge >= 0.3 is 5.69 Å². The fourth-order valence-corrected chi connectivity index (χ4v) is 2.22. The van der Waals surface area contributed by atoms with Gasteiger partial charge in [0.2, 0.25) is 0 Å². The van der Waals surface area contributed by atoms with E-state index in [2.05, 4.69) is 25.9 Å². The third kappa shape index (κ3) is 2.45. The Morgan fingerprint density at radius 3 is 3.06 bits per heavy atom. The molecule has 1 N–H and O–H groups in total. The molecule has 0 aromatic carbocycles. The molecule has 0 fully saturated rings. The van der Waals surface area contributed by atoms with Crippen LogP contribution in [0.2, 0.25) is 0 Å². The van der Waals surface area contributed by atoms with E-state index in [4.69, 9.17) is 0 Å². The molecule has 2 heterocycles. The van der Waals surface area contributed by atoms with Crippen LogP contribution in [0.4, 0.5) is 0 Å². The highest BCUT2D eigenvalue weighted by Crippen LogP contribution is 2.16. The number of aromatic nitrogens is 2. The molecule has 0 saturated carbocycles. The van der Waals surface area contributed by atoms with E-state index in [1.54, 1.807) is 6.07 Å². The number of Topliss-reactive ketones (excluding diaryl/α,β-unsaturated/α-hetero) is 1. The molecule has 0 atom stereocenters. The molecule has 2 aromatic rings. The van der Waals surface area contributed by atoms with E-state index in [-0.39, 0.29) is 12.2 Å². The predicted octanol–water partition coefficient (Wildman–Crippen LogP) is 2.02. The molecule has 4 nitrogen and oxygen atoms in total. The number of nitrogens with one attached hydrogen (secondary N) is 1. The molecular weight excluding hydrogens is 292 g/mol. The quantitative estimate of drug-likeness (QED) is 0.882. The Morgan fingerprint density at radius 2 is 2.38 bits per heavy atom. The third-order valence-electron chi connectivity index (χ3n) is 1.96. The van der Waals surface area contributed by atoms with Crippen molar-refractivity contribution >= 4 is 33.0 Å². The van der Waals surface area contributed by atoms with Gasteiger partial charge in [-0.25, -0.2) is 4.79 Å². The van der Waals surface area contributed by atoms with Gasteiger partial charge in [0.05, 0.1) is 21.5 Å². The Bertz CT molecular complexity index is 562. The van der Waals surface area contributed by atoms with Crippen molar-refractivity contribution in [2.75, 3.05) is 0 Å². The zero-order chi connectivity index (χ0) is 11.5. The van der Waals surface area contributed by atoms with Crippen LogP contribution in [0, 0.1) is 0 Å². The molecule has 0 spiro atoms. The maximum absolute atomic E-state index is 11.8. The first-order chi connectivity index (χ1) is 7.66. The molecule has 0 saturated heterocycles. The molecule has 6 heteroatoms. The fourth-order valence-electron chi connectivity index (χ4n) is 1.22. The fraction of sp³-hybridized carbons (Fsp3) is 0.100. The van der Waals surface area contributed by atoms with E-state index in [0.717, 1.165) is 0 Å². The second-order valence-electron chi connectivity index (χ2n) is 3.08. The standard InChI is InChI=1S/C10H7BrN2O2S/c11-6-5-12-10(15)13-7(6)4-8(14)9-2-1-3-16-9/h1-3,5H,4H2,(H,12,13,15). The van der Waals surface area contributed by atoms with E-state index < -0.39 is 5.69 Å². The molecule has 0 aliphatic carbocycles. The van der Waals surface area contributed by atoms with Crippen LogP contribution in [0.25, 0.3) is 0 Å². The number of carbonyl (C=O) groups is 1. The van der Waals surface area contributed by atoms with Gasteiger partial charge in [-0.1, -0.05) is 6.07 Å². The first-order valence-corrected chi connectivity index (χ1v) is 6.15. The summed E-state index contributed by atoms with van der Waals surface area (Å²) >= 11 is 4.62. The minimum atomic E-state index is -0.447. The zero-order valence-corrected chi connectivity index (χ0v) is 10.5. The largest absolute Gasteiger partial charge is 0.345 e. The van der Waals surface area contributed by atoms with Crippen LogP contribution in [0.5, 0.6) is 0 Å². The summed E-state index contributed by atoms with van der Waals surface area (Å²) in [6.45, 7) is 0. The van der Waals surface area contributed by atoms with Crippen LogP contribution in [-0.4, -0.2) is 15.8 Å². The molecule has 0 aliphatic heterocycles. The molecular formula is C10H7BrN2O2S. The lowest BCUT2D eigenvalue weighted by atomic mass is 10.2. The molecule has 16 heavy (non-hydrogen) atoms. The second-order valence-corrected chi connectivity index (χ2v) is 4.88.